The molecule has 8 heteroatoms. The van der Waals surface area contributed by atoms with Gasteiger partial charge in [0.15, 0.2) is 11.3 Å². The van der Waals surface area contributed by atoms with Gasteiger partial charge >= 0.3 is 6.18 Å². The molecule has 2 heterocycles. The molecule has 0 amide bonds. The molecule has 0 bridgehead atoms. The van der Waals surface area contributed by atoms with Gasteiger partial charge in [-0.25, -0.2) is 4.98 Å². The Kier molecular flexibility index (Phi) is 3.02. The van der Waals surface area contributed by atoms with Crippen LogP contribution in [-0.4, -0.2) is 14.6 Å². The van der Waals surface area contributed by atoms with Gasteiger partial charge < -0.3 is 0 Å². The van der Waals surface area contributed by atoms with E-state index in [-0.39, 0.29) is 16.4 Å². The van der Waals surface area contributed by atoms with E-state index in [0.717, 1.165) is 4.52 Å². The van der Waals surface area contributed by atoms with Crippen molar-refractivity contribution in [3.63, 3.8) is 0 Å². The maximum Gasteiger partial charge on any atom is 0.433 e. The first-order valence-electron chi connectivity index (χ1n) is 5.82. The number of nitrogens with one attached hydrogen (secondary N) is 1. The topological polar surface area (TPSA) is 50.2 Å². The van der Waals surface area contributed by atoms with Crippen LogP contribution >= 0.6 is 11.6 Å². The zero-order chi connectivity index (χ0) is 15.2. The van der Waals surface area contributed by atoms with Crippen LogP contribution < -0.4 is 5.56 Å². The summed E-state index contributed by atoms with van der Waals surface area (Å²) in [7, 11) is 0. The van der Waals surface area contributed by atoms with Crippen molar-refractivity contribution in [2.75, 3.05) is 0 Å². The van der Waals surface area contributed by atoms with Crippen LogP contribution in [-0.2, 0) is 6.18 Å². The minimum Gasteiger partial charge on any atom is -0.278 e. The summed E-state index contributed by atoms with van der Waals surface area (Å²) in [6.45, 7) is 0. The van der Waals surface area contributed by atoms with Crippen LogP contribution in [0.1, 0.15) is 5.69 Å². The van der Waals surface area contributed by atoms with Crippen molar-refractivity contribution in [1.29, 1.82) is 0 Å². The highest BCUT2D eigenvalue weighted by molar-refractivity contribution is 6.33. The molecule has 0 aliphatic heterocycles. The Bertz CT molecular complexity index is 868. The lowest BCUT2D eigenvalue weighted by Gasteiger charge is -2.05. The molecule has 1 N–H and O–H groups in total. The van der Waals surface area contributed by atoms with Crippen LogP contribution in [0.3, 0.4) is 0 Å². The molecule has 2 aromatic heterocycles. The number of alkyl halides is 3. The third kappa shape index (κ3) is 2.29. The molecule has 0 saturated carbocycles. The fourth-order valence-corrected chi connectivity index (χ4v) is 2.29. The molecular weight excluding hydrogens is 307 g/mol. The molecule has 0 spiro atoms. The molecule has 4 nitrogen and oxygen atoms in total. The monoisotopic (exact) mass is 313 g/mol. The van der Waals surface area contributed by atoms with E-state index in [9.17, 15) is 18.0 Å². The quantitative estimate of drug-likeness (QED) is 0.749. The maximum atomic E-state index is 12.8. The van der Waals surface area contributed by atoms with E-state index in [1.807, 2.05) is 0 Å². The lowest BCUT2D eigenvalue weighted by molar-refractivity contribution is -0.141. The van der Waals surface area contributed by atoms with E-state index in [2.05, 4.69) is 10.1 Å². The first-order valence-corrected chi connectivity index (χ1v) is 6.19. The minimum atomic E-state index is -4.70. The Labute approximate surface area is 120 Å². The summed E-state index contributed by atoms with van der Waals surface area (Å²) in [5.74, 6) is 0. The summed E-state index contributed by atoms with van der Waals surface area (Å²) in [5.41, 5.74) is -1.48. The Morgan fingerprint density at radius 1 is 1.19 bits per heavy atom. The number of fused-ring (bicyclic) bond motifs is 1. The van der Waals surface area contributed by atoms with Gasteiger partial charge in [0, 0.05) is 6.07 Å². The molecule has 21 heavy (non-hydrogen) atoms. The largest absolute Gasteiger partial charge is 0.433 e. The van der Waals surface area contributed by atoms with Gasteiger partial charge in [-0.05, 0) is 5.56 Å². The van der Waals surface area contributed by atoms with E-state index in [0.29, 0.717) is 11.6 Å². The van der Waals surface area contributed by atoms with Crippen molar-refractivity contribution >= 4 is 17.2 Å². The second-order valence-electron chi connectivity index (χ2n) is 4.30. The average molecular weight is 314 g/mol. The molecule has 0 unspecified atom stereocenters. The molecular formula is C13H7ClF3N3O. The molecule has 3 aromatic rings. The number of aromatic nitrogens is 3. The molecule has 0 aliphatic rings. The summed E-state index contributed by atoms with van der Waals surface area (Å²) in [6.07, 6.45) is -4.70. The van der Waals surface area contributed by atoms with E-state index in [1.54, 1.807) is 30.3 Å². The van der Waals surface area contributed by atoms with Crippen molar-refractivity contribution in [2.45, 2.75) is 6.18 Å². The first-order chi connectivity index (χ1) is 9.88. The number of rotatable bonds is 1. The van der Waals surface area contributed by atoms with E-state index < -0.39 is 17.4 Å². The van der Waals surface area contributed by atoms with Crippen molar-refractivity contribution in [2.24, 2.45) is 0 Å². The first kappa shape index (κ1) is 13.7. The molecule has 0 saturated heterocycles. The lowest BCUT2D eigenvalue weighted by Crippen LogP contribution is -2.19. The zero-order valence-corrected chi connectivity index (χ0v) is 11.0. The van der Waals surface area contributed by atoms with Gasteiger partial charge in [-0.2, -0.15) is 17.7 Å². The maximum absolute atomic E-state index is 12.8. The molecule has 0 fully saturated rings. The Morgan fingerprint density at radius 2 is 1.86 bits per heavy atom. The van der Waals surface area contributed by atoms with Gasteiger partial charge in [0.05, 0.1) is 5.56 Å². The number of hydrogen-bond donors (Lipinski definition) is 1. The third-order valence-corrected chi connectivity index (χ3v) is 3.20. The highest BCUT2D eigenvalue weighted by Gasteiger charge is 2.34. The van der Waals surface area contributed by atoms with Gasteiger partial charge in [0.1, 0.15) is 5.15 Å². The van der Waals surface area contributed by atoms with Gasteiger partial charge in [0.2, 0.25) is 0 Å². The number of H-pyrrole nitrogens is 1. The van der Waals surface area contributed by atoms with Gasteiger partial charge in [0.25, 0.3) is 5.56 Å². The Morgan fingerprint density at radius 3 is 2.48 bits per heavy atom. The predicted octanol–water partition coefficient (Wildman–Crippen LogP) is 3.36. The standard InChI is InChI=1S/C13H7ClF3N3O/c14-11-10(7-4-2-1-3-5-7)12-18-8(13(15,16)17)6-9(21)20(12)19-11/h1-6,19H. The summed E-state index contributed by atoms with van der Waals surface area (Å²) in [5, 5.41) is 2.56. The van der Waals surface area contributed by atoms with Crippen molar-refractivity contribution in [3.8, 4) is 11.1 Å². The van der Waals surface area contributed by atoms with Crippen LogP contribution in [0.15, 0.2) is 41.2 Å². The van der Waals surface area contributed by atoms with Crippen molar-refractivity contribution < 1.29 is 13.2 Å². The second-order valence-corrected chi connectivity index (χ2v) is 4.68. The highest BCUT2D eigenvalue weighted by atomic mass is 35.5. The van der Waals surface area contributed by atoms with E-state index in [4.69, 9.17) is 11.6 Å². The highest BCUT2D eigenvalue weighted by Crippen LogP contribution is 2.32. The summed E-state index contributed by atoms with van der Waals surface area (Å²) >= 11 is 6.00. The number of nitrogens with zero attached hydrogens (tertiary/aromatic N) is 2. The number of hydrogen-bond acceptors (Lipinski definition) is 2. The molecule has 0 radical (unpaired) electrons. The molecule has 0 aliphatic carbocycles. The second kappa shape index (κ2) is 4.63. The summed E-state index contributed by atoms with van der Waals surface area (Å²) in [4.78, 5) is 15.3. The zero-order valence-electron chi connectivity index (χ0n) is 10.3. The predicted molar refractivity (Wildman–Crippen MR) is 71.3 cm³/mol. The number of halogens is 4. The van der Waals surface area contributed by atoms with Gasteiger partial charge in [-0.15, -0.1) is 0 Å². The molecule has 1 aromatic carbocycles. The van der Waals surface area contributed by atoms with Crippen LogP contribution in [0.25, 0.3) is 16.8 Å². The summed E-state index contributed by atoms with van der Waals surface area (Å²) < 4.78 is 39.2. The van der Waals surface area contributed by atoms with Crippen LogP contribution in [0.2, 0.25) is 5.15 Å². The van der Waals surface area contributed by atoms with Gasteiger partial charge in [-0.1, -0.05) is 41.9 Å². The number of aromatic amines is 1. The molecule has 108 valence electrons. The van der Waals surface area contributed by atoms with Crippen LogP contribution in [0, 0.1) is 0 Å². The van der Waals surface area contributed by atoms with Crippen molar-refractivity contribution in [3.05, 3.63) is 57.6 Å². The minimum absolute atomic E-state index is 0.0464. The average Bonchev–Trinajstić information content (AvgIpc) is 2.75. The van der Waals surface area contributed by atoms with E-state index >= 15 is 0 Å². The van der Waals surface area contributed by atoms with Gasteiger partial charge in [-0.3, -0.25) is 9.89 Å². The normalized spacial score (nSPS) is 12.0. The smallest absolute Gasteiger partial charge is 0.278 e. The lowest BCUT2D eigenvalue weighted by atomic mass is 10.1. The number of benzene rings is 1. The van der Waals surface area contributed by atoms with Crippen LogP contribution in [0.5, 0.6) is 0 Å². The summed E-state index contributed by atoms with van der Waals surface area (Å²) in [6, 6.07) is 8.94. The fraction of sp³-hybridized carbons (Fsp3) is 0.0769. The Balaban J connectivity index is 2.38. The van der Waals surface area contributed by atoms with E-state index in [1.165, 1.54) is 0 Å². The van der Waals surface area contributed by atoms with Crippen LogP contribution in [0.4, 0.5) is 13.2 Å². The SMILES string of the molecule is O=c1cc(C(F)(F)F)nc2c(-c3ccccc3)c(Cl)[nH]n12. The molecule has 3 rings (SSSR count). The van der Waals surface area contributed by atoms with Crippen molar-refractivity contribution in [1.82, 2.24) is 14.6 Å². The molecule has 0 atom stereocenters. The fourth-order valence-electron chi connectivity index (χ4n) is 2.02. The Hall–Kier alpha value is -2.28. The third-order valence-electron chi connectivity index (χ3n) is 2.92.